The first kappa shape index (κ1) is 13.9. The Morgan fingerprint density at radius 1 is 1.30 bits per heavy atom. The van der Waals surface area contributed by atoms with Gasteiger partial charge in [-0.2, -0.15) is 0 Å². The molecule has 0 radical (unpaired) electrons. The summed E-state index contributed by atoms with van der Waals surface area (Å²) >= 11 is 0. The summed E-state index contributed by atoms with van der Waals surface area (Å²) in [5.41, 5.74) is 2.17. The van der Waals surface area contributed by atoms with Gasteiger partial charge in [0, 0.05) is 12.0 Å². The molecule has 20 heavy (non-hydrogen) atoms. The van der Waals surface area contributed by atoms with Crippen molar-refractivity contribution in [1.82, 2.24) is 0 Å². The van der Waals surface area contributed by atoms with E-state index in [9.17, 15) is 8.42 Å². The second-order valence-electron chi connectivity index (χ2n) is 6.04. The van der Waals surface area contributed by atoms with Crippen LogP contribution < -0.4 is 4.31 Å². The third-order valence-electron chi connectivity index (χ3n) is 4.17. The minimum absolute atomic E-state index is 0.0512. The Labute approximate surface area is 120 Å². The first-order chi connectivity index (χ1) is 9.45. The molecule has 0 atom stereocenters. The van der Waals surface area contributed by atoms with Gasteiger partial charge in [0.05, 0.1) is 24.2 Å². The first-order valence-electron chi connectivity index (χ1n) is 7.16. The summed E-state index contributed by atoms with van der Waals surface area (Å²) in [7, 11) is -3.29. The van der Waals surface area contributed by atoms with Crippen molar-refractivity contribution in [2.75, 3.05) is 23.2 Å². The Bertz CT molecular complexity index is 605. The van der Waals surface area contributed by atoms with Crippen molar-refractivity contribution in [3.8, 4) is 0 Å². The van der Waals surface area contributed by atoms with E-state index in [-0.39, 0.29) is 23.9 Å². The van der Waals surface area contributed by atoms with Crippen molar-refractivity contribution < 1.29 is 13.2 Å². The van der Waals surface area contributed by atoms with Crippen LogP contribution in [-0.4, -0.2) is 33.4 Å². The van der Waals surface area contributed by atoms with E-state index < -0.39 is 10.0 Å². The number of ether oxygens (including phenoxy) is 1. The molecule has 1 aromatic rings. The van der Waals surface area contributed by atoms with Crippen LogP contribution in [0.2, 0.25) is 0 Å². The van der Waals surface area contributed by atoms with Crippen molar-refractivity contribution in [2.24, 2.45) is 0 Å². The summed E-state index contributed by atoms with van der Waals surface area (Å²) in [5, 5.41) is 0. The summed E-state index contributed by atoms with van der Waals surface area (Å²) in [6, 6.07) is 7.90. The van der Waals surface area contributed by atoms with Crippen molar-refractivity contribution in [2.45, 2.75) is 38.2 Å². The average Bonchev–Trinajstić information content (AvgIpc) is 3.07. The lowest BCUT2D eigenvalue weighted by molar-refractivity contribution is 0.0912. The van der Waals surface area contributed by atoms with Gasteiger partial charge < -0.3 is 4.74 Å². The summed E-state index contributed by atoms with van der Waals surface area (Å²) in [6.07, 6.45) is 2.25. The van der Waals surface area contributed by atoms with Crippen LogP contribution in [0.5, 0.6) is 0 Å². The fourth-order valence-electron chi connectivity index (χ4n) is 2.91. The molecule has 3 rings (SSSR count). The normalized spacial score (nSPS) is 19.6. The minimum atomic E-state index is -3.29. The number of fused-ring (bicyclic) bond motifs is 2. The lowest BCUT2D eigenvalue weighted by atomic mass is 9.99. The Kier molecular flexibility index (Phi) is 3.29. The standard InChI is InChI=1S/C15H21NO3S/c1-12(2)19-9-10-20(17,18)16-11-15(7-8-15)13-5-3-4-6-14(13)16/h3-6,12H,7-11H2,1-2H3. The number of para-hydroxylation sites is 1. The quantitative estimate of drug-likeness (QED) is 0.837. The Morgan fingerprint density at radius 3 is 2.65 bits per heavy atom. The van der Waals surface area contributed by atoms with Crippen LogP contribution in [0.3, 0.4) is 0 Å². The van der Waals surface area contributed by atoms with E-state index in [0.717, 1.165) is 18.5 Å². The SMILES string of the molecule is CC(C)OCCS(=O)(=O)N1CC2(CC2)c2ccccc21. The molecule has 1 aliphatic heterocycles. The molecule has 0 N–H and O–H groups in total. The molecular weight excluding hydrogens is 274 g/mol. The van der Waals surface area contributed by atoms with Gasteiger partial charge in [0.15, 0.2) is 0 Å². The number of benzene rings is 1. The highest BCUT2D eigenvalue weighted by Crippen LogP contribution is 2.56. The second-order valence-corrected chi connectivity index (χ2v) is 8.05. The molecule has 2 aliphatic rings. The van der Waals surface area contributed by atoms with E-state index in [1.54, 1.807) is 4.31 Å². The second kappa shape index (κ2) is 4.74. The van der Waals surface area contributed by atoms with Crippen molar-refractivity contribution in [1.29, 1.82) is 0 Å². The zero-order valence-corrected chi connectivity index (χ0v) is 12.8. The predicted octanol–water partition coefficient (Wildman–Crippen LogP) is 2.29. The lowest BCUT2D eigenvalue weighted by Crippen LogP contribution is -2.35. The van der Waals surface area contributed by atoms with Gasteiger partial charge in [-0.25, -0.2) is 8.42 Å². The number of hydrogen-bond acceptors (Lipinski definition) is 3. The fourth-order valence-corrected chi connectivity index (χ4v) is 4.34. The maximum atomic E-state index is 12.5. The molecule has 1 aliphatic carbocycles. The van der Waals surface area contributed by atoms with Crippen molar-refractivity contribution in [3.05, 3.63) is 29.8 Å². The summed E-state index contributed by atoms with van der Waals surface area (Å²) in [5.74, 6) is 0.0512. The van der Waals surface area contributed by atoms with Crippen molar-refractivity contribution in [3.63, 3.8) is 0 Å². The highest BCUT2D eigenvalue weighted by Gasteiger charge is 2.53. The maximum Gasteiger partial charge on any atom is 0.237 e. The highest BCUT2D eigenvalue weighted by atomic mass is 32.2. The molecule has 110 valence electrons. The van der Waals surface area contributed by atoms with Gasteiger partial charge in [0.1, 0.15) is 0 Å². The Balaban J connectivity index is 1.81. The van der Waals surface area contributed by atoms with Crippen molar-refractivity contribution >= 4 is 15.7 Å². The summed E-state index contributed by atoms with van der Waals surface area (Å²) < 4.78 is 32.1. The van der Waals surface area contributed by atoms with E-state index >= 15 is 0 Å². The molecule has 0 unspecified atom stereocenters. The monoisotopic (exact) mass is 295 g/mol. The van der Waals surface area contributed by atoms with Crippen LogP contribution in [0.25, 0.3) is 0 Å². The summed E-state index contributed by atoms with van der Waals surface area (Å²) in [4.78, 5) is 0. The van der Waals surface area contributed by atoms with Gasteiger partial charge >= 0.3 is 0 Å². The largest absolute Gasteiger partial charge is 0.378 e. The number of nitrogens with zero attached hydrogens (tertiary/aromatic N) is 1. The predicted molar refractivity (Wildman–Crippen MR) is 79.6 cm³/mol. The zero-order valence-electron chi connectivity index (χ0n) is 12.0. The van der Waals surface area contributed by atoms with Crippen LogP contribution >= 0.6 is 0 Å². The van der Waals surface area contributed by atoms with Crippen LogP contribution in [0.4, 0.5) is 5.69 Å². The van der Waals surface area contributed by atoms with Crippen LogP contribution in [-0.2, 0) is 20.2 Å². The number of anilines is 1. The van der Waals surface area contributed by atoms with E-state index in [0.29, 0.717) is 6.54 Å². The molecular formula is C15H21NO3S. The topological polar surface area (TPSA) is 46.6 Å². The molecule has 0 saturated heterocycles. The molecule has 1 aromatic carbocycles. The lowest BCUT2D eigenvalue weighted by Gasteiger charge is -2.20. The zero-order chi connectivity index (χ0) is 14.4. The number of rotatable bonds is 5. The first-order valence-corrected chi connectivity index (χ1v) is 8.77. The smallest absolute Gasteiger partial charge is 0.237 e. The van der Waals surface area contributed by atoms with Gasteiger partial charge in [-0.05, 0) is 38.3 Å². The van der Waals surface area contributed by atoms with Gasteiger partial charge in [0.25, 0.3) is 0 Å². The van der Waals surface area contributed by atoms with Crippen LogP contribution in [0.1, 0.15) is 32.3 Å². The molecule has 1 heterocycles. The molecule has 0 bridgehead atoms. The van der Waals surface area contributed by atoms with Gasteiger partial charge in [-0.3, -0.25) is 4.31 Å². The molecule has 0 aromatic heterocycles. The Hall–Kier alpha value is -1.07. The van der Waals surface area contributed by atoms with Crippen LogP contribution in [0, 0.1) is 0 Å². The third-order valence-corrected chi connectivity index (χ3v) is 5.85. The molecule has 1 saturated carbocycles. The molecule has 1 fully saturated rings. The summed E-state index contributed by atoms with van der Waals surface area (Å²) in [6.45, 7) is 4.69. The Morgan fingerprint density at radius 2 is 2.00 bits per heavy atom. The minimum Gasteiger partial charge on any atom is -0.378 e. The number of sulfonamides is 1. The number of hydrogen-bond donors (Lipinski definition) is 0. The van der Waals surface area contributed by atoms with Gasteiger partial charge in [-0.15, -0.1) is 0 Å². The van der Waals surface area contributed by atoms with E-state index in [2.05, 4.69) is 6.07 Å². The van der Waals surface area contributed by atoms with Gasteiger partial charge in [0.2, 0.25) is 10.0 Å². The van der Waals surface area contributed by atoms with E-state index in [4.69, 9.17) is 4.74 Å². The van der Waals surface area contributed by atoms with E-state index in [1.165, 1.54) is 5.56 Å². The van der Waals surface area contributed by atoms with Crippen LogP contribution in [0.15, 0.2) is 24.3 Å². The maximum absolute atomic E-state index is 12.5. The average molecular weight is 295 g/mol. The fraction of sp³-hybridized carbons (Fsp3) is 0.600. The molecule has 0 amide bonds. The third kappa shape index (κ3) is 2.33. The molecule has 5 heteroatoms. The van der Waals surface area contributed by atoms with E-state index in [1.807, 2.05) is 32.0 Å². The highest BCUT2D eigenvalue weighted by molar-refractivity contribution is 7.92. The molecule has 4 nitrogen and oxygen atoms in total. The molecule has 1 spiro atoms. The van der Waals surface area contributed by atoms with Gasteiger partial charge in [-0.1, -0.05) is 18.2 Å².